The molecular weight excluding hydrogens is 515 g/mol. The van der Waals surface area contributed by atoms with Crippen LogP contribution in [0.15, 0.2) is 50.0 Å². The van der Waals surface area contributed by atoms with Gasteiger partial charge in [-0.1, -0.05) is 41.1 Å². The lowest BCUT2D eigenvalue weighted by atomic mass is 10.1. The predicted molar refractivity (Wildman–Crippen MR) is 112 cm³/mol. The van der Waals surface area contributed by atoms with E-state index in [1.165, 1.54) is 3.79 Å². The first-order valence-corrected chi connectivity index (χ1v) is 10.3. The second-order valence-corrected chi connectivity index (χ2v) is 8.60. The molecule has 8 heteroatoms. The first-order valence-electron chi connectivity index (χ1n) is 7.07. The molecule has 25 heavy (non-hydrogen) atoms. The molecule has 0 aliphatic heterocycles. The first-order chi connectivity index (χ1) is 11.8. The van der Waals surface area contributed by atoms with Crippen LogP contribution in [0.4, 0.5) is 0 Å². The monoisotopic (exact) mass is 528 g/mol. The van der Waals surface area contributed by atoms with E-state index < -0.39 is 16.4 Å². The van der Waals surface area contributed by atoms with Gasteiger partial charge in [0.05, 0.1) is 3.79 Å². The Labute approximate surface area is 178 Å². The summed E-state index contributed by atoms with van der Waals surface area (Å²) in [5, 5.41) is 1.03. The third-order valence-corrected chi connectivity index (χ3v) is 5.13. The van der Waals surface area contributed by atoms with Crippen LogP contribution in [0.2, 0.25) is 0 Å². The summed E-state index contributed by atoms with van der Waals surface area (Å²) in [6.07, 6.45) is 1.42. The molecule has 0 aliphatic carbocycles. The average molecular weight is 531 g/mol. The molecule has 1 aromatic heterocycles. The molecule has 0 N–H and O–H groups in total. The minimum absolute atomic E-state index is 0.0421. The highest BCUT2D eigenvalue weighted by Gasteiger charge is 2.16. The highest BCUT2D eigenvalue weighted by molar-refractivity contribution is 9.11. The van der Waals surface area contributed by atoms with Crippen molar-refractivity contribution in [1.82, 2.24) is 0 Å². The Balaban J connectivity index is 0.000000355. The van der Waals surface area contributed by atoms with Gasteiger partial charge in [0, 0.05) is 22.4 Å². The lowest BCUT2D eigenvalue weighted by Gasteiger charge is -2.03. The molecule has 1 unspecified atom stereocenters. The highest BCUT2D eigenvalue weighted by Crippen LogP contribution is 2.15. The van der Waals surface area contributed by atoms with Crippen LogP contribution in [-0.2, 0) is 9.59 Å². The van der Waals surface area contributed by atoms with Crippen molar-refractivity contribution in [2.75, 3.05) is 0 Å². The fraction of sp³-hybridized carbons (Fsp3) is 0.235. The van der Waals surface area contributed by atoms with E-state index in [2.05, 4.69) is 31.9 Å². The number of carbonyl (C=O) groups is 3. The molecule has 0 radical (unpaired) electrons. The summed E-state index contributed by atoms with van der Waals surface area (Å²) in [5.41, 5.74) is 0.698. The lowest BCUT2D eigenvalue weighted by Crippen LogP contribution is -2.10. The van der Waals surface area contributed by atoms with Crippen molar-refractivity contribution in [3.8, 4) is 0 Å². The normalized spacial score (nSPS) is 10.4. The Morgan fingerprint density at radius 3 is 2.12 bits per heavy atom. The van der Waals surface area contributed by atoms with Crippen LogP contribution < -0.4 is 0 Å². The van der Waals surface area contributed by atoms with E-state index >= 15 is 0 Å². The molecule has 1 atom stereocenters. The van der Waals surface area contributed by atoms with Crippen LogP contribution in [0.5, 0.6) is 0 Å². The van der Waals surface area contributed by atoms with E-state index in [0.29, 0.717) is 12.0 Å². The minimum atomic E-state index is -0.513. The topological polar surface area (TPSA) is 51.2 Å². The molecule has 0 aliphatic rings. The summed E-state index contributed by atoms with van der Waals surface area (Å²) in [4.78, 5) is 30.9. The number of aldehydes is 1. The molecule has 2 aromatic rings. The number of carbonyl (C=O) groups excluding carboxylic acids is 3. The fourth-order valence-electron chi connectivity index (χ4n) is 1.42. The van der Waals surface area contributed by atoms with Crippen molar-refractivity contribution in [3.05, 3.63) is 55.6 Å². The maximum Gasteiger partial charge on any atom is 0.225 e. The van der Waals surface area contributed by atoms with Crippen molar-refractivity contribution in [2.45, 2.75) is 19.8 Å². The highest BCUT2D eigenvalue weighted by atomic mass is 79.9. The molecule has 0 amide bonds. The quantitative estimate of drug-likeness (QED) is 0.319. The SMILES string of the molecule is Brc1cccs1.CCC(CC(=O)Cl)C(=O)Cl.O=Cc1cccc(Br)c1. The Kier molecular flexibility index (Phi) is 14.3. The van der Waals surface area contributed by atoms with Crippen LogP contribution in [-0.4, -0.2) is 16.8 Å². The minimum Gasteiger partial charge on any atom is -0.298 e. The number of hydrogen-bond acceptors (Lipinski definition) is 4. The summed E-state index contributed by atoms with van der Waals surface area (Å²) < 4.78 is 2.13. The maximum absolute atomic E-state index is 10.5. The van der Waals surface area contributed by atoms with Crippen LogP contribution in [0.1, 0.15) is 30.1 Å². The van der Waals surface area contributed by atoms with Crippen LogP contribution >= 0.6 is 66.4 Å². The third kappa shape index (κ3) is 13.3. The van der Waals surface area contributed by atoms with Crippen molar-refractivity contribution < 1.29 is 14.4 Å². The number of rotatable bonds is 5. The number of benzene rings is 1. The Bertz CT molecular complexity index is 664. The lowest BCUT2D eigenvalue weighted by molar-refractivity contribution is -0.119. The van der Waals surface area contributed by atoms with Gasteiger partial charge in [-0.05, 0) is 69.1 Å². The second kappa shape index (κ2) is 14.6. The van der Waals surface area contributed by atoms with Crippen LogP contribution in [0.25, 0.3) is 0 Å². The zero-order chi connectivity index (χ0) is 19.2. The van der Waals surface area contributed by atoms with Gasteiger partial charge in [0.15, 0.2) is 0 Å². The first kappa shape index (κ1) is 24.5. The van der Waals surface area contributed by atoms with Crippen LogP contribution in [0.3, 0.4) is 0 Å². The molecule has 3 nitrogen and oxygen atoms in total. The summed E-state index contributed by atoms with van der Waals surface area (Å²) >= 11 is 18.4. The van der Waals surface area contributed by atoms with Crippen LogP contribution in [0, 0.1) is 5.92 Å². The van der Waals surface area contributed by atoms with E-state index in [4.69, 9.17) is 23.2 Å². The molecule has 1 heterocycles. The Hall–Kier alpha value is -0.530. The van der Waals surface area contributed by atoms with Crippen molar-refractivity contribution in [3.63, 3.8) is 0 Å². The zero-order valence-electron chi connectivity index (χ0n) is 13.3. The van der Waals surface area contributed by atoms with Crippen molar-refractivity contribution in [1.29, 1.82) is 0 Å². The van der Waals surface area contributed by atoms with E-state index in [1.807, 2.05) is 29.6 Å². The summed E-state index contributed by atoms with van der Waals surface area (Å²) in [7, 11) is 0. The van der Waals surface area contributed by atoms with Crippen molar-refractivity contribution >= 4 is 83.2 Å². The van der Waals surface area contributed by atoms with E-state index in [1.54, 1.807) is 30.4 Å². The van der Waals surface area contributed by atoms with E-state index in [-0.39, 0.29) is 6.42 Å². The van der Waals surface area contributed by atoms with Gasteiger partial charge in [-0.25, -0.2) is 0 Å². The van der Waals surface area contributed by atoms with Gasteiger partial charge in [0.2, 0.25) is 10.5 Å². The van der Waals surface area contributed by atoms with E-state index in [9.17, 15) is 14.4 Å². The van der Waals surface area contributed by atoms with E-state index in [0.717, 1.165) is 10.8 Å². The third-order valence-electron chi connectivity index (χ3n) is 2.69. The predicted octanol–water partition coefficient (Wildman–Crippen LogP) is 6.71. The zero-order valence-corrected chi connectivity index (χ0v) is 18.8. The molecular formula is C17H16Br2Cl2O3S. The van der Waals surface area contributed by atoms with Gasteiger partial charge < -0.3 is 0 Å². The average Bonchev–Trinajstić information content (AvgIpc) is 3.04. The molecule has 0 saturated carbocycles. The fourth-order valence-corrected chi connectivity index (χ4v) is 3.17. The van der Waals surface area contributed by atoms with Gasteiger partial charge in [-0.3, -0.25) is 14.4 Å². The number of halogens is 4. The molecule has 0 saturated heterocycles. The molecule has 0 bridgehead atoms. The molecule has 0 spiro atoms. The van der Waals surface area contributed by atoms with Gasteiger partial charge in [0.25, 0.3) is 0 Å². The Morgan fingerprint density at radius 1 is 1.20 bits per heavy atom. The largest absolute Gasteiger partial charge is 0.298 e. The molecule has 2 rings (SSSR count). The maximum atomic E-state index is 10.5. The smallest absolute Gasteiger partial charge is 0.225 e. The standard InChI is InChI=1S/C7H5BrO.C6H8Cl2O2.C4H3BrS/c8-7-3-1-2-6(4-7)5-9;1-2-4(6(8)10)3-5(7)9;5-4-2-1-3-6-4/h1-5H;4H,2-3H2,1H3;1-3H. The van der Waals surface area contributed by atoms with Gasteiger partial charge >= 0.3 is 0 Å². The molecule has 0 fully saturated rings. The molecule has 136 valence electrons. The van der Waals surface area contributed by atoms with Gasteiger partial charge in [-0.15, -0.1) is 11.3 Å². The molecule has 1 aromatic carbocycles. The number of thiophene rings is 1. The van der Waals surface area contributed by atoms with Gasteiger partial charge in [0.1, 0.15) is 6.29 Å². The second-order valence-electron chi connectivity index (χ2n) is 4.56. The Morgan fingerprint density at radius 2 is 1.88 bits per heavy atom. The van der Waals surface area contributed by atoms with Gasteiger partial charge in [-0.2, -0.15) is 0 Å². The number of hydrogen-bond donors (Lipinski definition) is 0. The summed E-state index contributed by atoms with van der Waals surface area (Å²) in [6, 6.07) is 11.3. The summed E-state index contributed by atoms with van der Waals surface area (Å²) in [5.74, 6) is -0.410. The summed E-state index contributed by atoms with van der Waals surface area (Å²) in [6.45, 7) is 1.78. The van der Waals surface area contributed by atoms with Crippen molar-refractivity contribution in [2.24, 2.45) is 5.92 Å².